The van der Waals surface area contributed by atoms with Gasteiger partial charge in [0.1, 0.15) is 6.04 Å². The Balaban J connectivity index is 0.000000183. The molecule has 1 heterocycles. The van der Waals surface area contributed by atoms with Crippen molar-refractivity contribution in [3.63, 3.8) is 0 Å². The molecule has 11 heavy (non-hydrogen) atoms. The molecule has 3 N–H and O–H groups in total. The average Bonchev–Trinajstić information content (AvgIpc) is 2.41. The second kappa shape index (κ2) is 5.82. The van der Waals surface area contributed by atoms with E-state index in [4.69, 9.17) is 10.8 Å². The predicted octanol–water partition coefficient (Wildman–Crippen LogP) is 0.561. The zero-order chi connectivity index (χ0) is 8.69. The number of aromatic nitrogens is 1. The molecule has 0 aliphatic rings. The highest BCUT2D eigenvalue weighted by Crippen LogP contribution is 1.85. The molecule has 1 atom stereocenters. The zero-order valence-corrected chi connectivity index (χ0v) is 6.91. The molecular weight excluding hydrogens is 164 g/mol. The number of carboxylic acids is 1. The summed E-state index contributed by atoms with van der Waals surface area (Å²) in [6.07, 6.45) is 1.77. The van der Waals surface area contributed by atoms with Gasteiger partial charge in [-0.1, -0.05) is 0 Å². The monoisotopic (exact) mass is 174 g/mol. The molecule has 1 aromatic rings. The Labute approximate surface area is 68.7 Å². The smallest absolute Gasteiger partial charge is 0.320 e. The molecule has 0 unspecified atom stereocenters. The summed E-state index contributed by atoms with van der Waals surface area (Å²) in [4.78, 5) is 13.3. The lowest BCUT2D eigenvalue weighted by molar-refractivity contribution is -0.138. The molecule has 0 bridgehead atoms. The Morgan fingerprint density at radius 1 is 1.82 bits per heavy atom. The summed E-state index contributed by atoms with van der Waals surface area (Å²) in [5.74, 6) is -0.963. The molecule has 0 fully saturated rings. The highest BCUT2D eigenvalue weighted by Gasteiger charge is 1.99. The lowest BCUT2D eigenvalue weighted by atomic mass is 10.4. The van der Waals surface area contributed by atoms with Crippen LogP contribution in [0.1, 0.15) is 6.92 Å². The van der Waals surface area contributed by atoms with Crippen LogP contribution in [-0.4, -0.2) is 22.1 Å². The Hall–Kier alpha value is -0.940. The van der Waals surface area contributed by atoms with E-state index in [1.165, 1.54) is 6.92 Å². The summed E-state index contributed by atoms with van der Waals surface area (Å²) in [7, 11) is 0. The number of nitrogens with zero attached hydrogens (tertiary/aromatic N) is 1. The second-order valence-corrected chi connectivity index (χ2v) is 2.56. The summed E-state index contributed by atoms with van der Waals surface area (Å²) in [6, 6.07) is -0.731. The van der Waals surface area contributed by atoms with Gasteiger partial charge < -0.3 is 10.8 Å². The third kappa shape index (κ3) is 6.95. The van der Waals surface area contributed by atoms with Gasteiger partial charge in [0.05, 0.1) is 5.51 Å². The first-order valence-corrected chi connectivity index (χ1v) is 3.89. The van der Waals surface area contributed by atoms with E-state index in [2.05, 4.69) is 4.98 Å². The van der Waals surface area contributed by atoms with Crippen molar-refractivity contribution in [3.8, 4) is 0 Å². The first-order valence-electron chi connectivity index (χ1n) is 2.95. The van der Waals surface area contributed by atoms with Crippen LogP contribution in [-0.2, 0) is 4.79 Å². The van der Waals surface area contributed by atoms with Crippen LogP contribution < -0.4 is 5.73 Å². The van der Waals surface area contributed by atoms with E-state index in [0.29, 0.717) is 0 Å². The normalized spacial score (nSPS) is 11.1. The molecular formula is C6H10N2O2S. The van der Waals surface area contributed by atoms with Crippen LogP contribution in [0.3, 0.4) is 0 Å². The van der Waals surface area contributed by atoms with Gasteiger partial charge in [0.2, 0.25) is 0 Å². The molecule has 0 aromatic carbocycles. The lowest BCUT2D eigenvalue weighted by Gasteiger charge is -1.90. The minimum atomic E-state index is -0.963. The van der Waals surface area contributed by atoms with Crippen molar-refractivity contribution >= 4 is 17.3 Å². The van der Waals surface area contributed by atoms with Gasteiger partial charge in [-0.05, 0) is 6.92 Å². The fourth-order valence-electron chi connectivity index (χ4n) is 0.176. The number of carboxylic acid groups (broad SMARTS) is 1. The van der Waals surface area contributed by atoms with Crippen molar-refractivity contribution < 1.29 is 9.90 Å². The molecule has 0 aliphatic heterocycles. The highest BCUT2D eigenvalue weighted by molar-refractivity contribution is 7.07. The largest absolute Gasteiger partial charge is 0.480 e. The maximum absolute atomic E-state index is 9.57. The van der Waals surface area contributed by atoms with Crippen LogP contribution in [0.25, 0.3) is 0 Å². The van der Waals surface area contributed by atoms with Gasteiger partial charge in [-0.2, -0.15) is 0 Å². The van der Waals surface area contributed by atoms with Crippen molar-refractivity contribution in [2.45, 2.75) is 13.0 Å². The summed E-state index contributed by atoms with van der Waals surface area (Å²) >= 11 is 1.60. The van der Waals surface area contributed by atoms with Crippen molar-refractivity contribution in [2.75, 3.05) is 0 Å². The van der Waals surface area contributed by atoms with Gasteiger partial charge in [0.25, 0.3) is 0 Å². The summed E-state index contributed by atoms with van der Waals surface area (Å²) in [6.45, 7) is 1.42. The van der Waals surface area contributed by atoms with E-state index in [1.807, 2.05) is 5.38 Å². The minimum Gasteiger partial charge on any atom is -0.480 e. The Morgan fingerprint density at radius 2 is 2.36 bits per heavy atom. The third-order valence-electron chi connectivity index (χ3n) is 0.737. The van der Waals surface area contributed by atoms with Crippen LogP contribution in [0.2, 0.25) is 0 Å². The Bertz CT molecular complexity index is 169. The number of carbonyl (C=O) groups is 1. The zero-order valence-electron chi connectivity index (χ0n) is 6.10. The number of hydrogen-bond acceptors (Lipinski definition) is 4. The number of thiazole rings is 1. The number of rotatable bonds is 1. The third-order valence-corrected chi connectivity index (χ3v) is 1.26. The molecule has 1 rings (SSSR count). The van der Waals surface area contributed by atoms with E-state index in [9.17, 15) is 4.79 Å². The molecule has 62 valence electrons. The lowest BCUT2D eigenvalue weighted by Crippen LogP contribution is -2.25. The molecule has 0 saturated carbocycles. The summed E-state index contributed by atoms with van der Waals surface area (Å²) < 4.78 is 0. The predicted molar refractivity (Wildman–Crippen MR) is 43.4 cm³/mol. The molecule has 4 nitrogen and oxygen atoms in total. The van der Waals surface area contributed by atoms with Gasteiger partial charge >= 0.3 is 5.97 Å². The summed E-state index contributed by atoms with van der Waals surface area (Å²) in [5.41, 5.74) is 6.63. The minimum absolute atomic E-state index is 0.731. The van der Waals surface area contributed by atoms with Crippen molar-refractivity contribution in [2.24, 2.45) is 5.73 Å². The molecule has 0 radical (unpaired) electrons. The first-order chi connectivity index (χ1) is 5.14. The van der Waals surface area contributed by atoms with Gasteiger partial charge in [0.15, 0.2) is 0 Å². The van der Waals surface area contributed by atoms with Crippen molar-refractivity contribution in [1.82, 2.24) is 4.98 Å². The van der Waals surface area contributed by atoms with Gasteiger partial charge in [-0.25, -0.2) is 0 Å². The second-order valence-electron chi connectivity index (χ2n) is 1.80. The molecule has 1 aromatic heterocycles. The number of aliphatic carboxylic acids is 1. The average molecular weight is 174 g/mol. The number of hydrogen-bond donors (Lipinski definition) is 2. The molecule has 0 saturated heterocycles. The van der Waals surface area contributed by atoms with Gasteiger partial charge in [0, 0.05) is 11.6 Å². The molecule has 0 aliphatic carbocycles. The van der Waals surface area contributed by atoms with E-state index >= 15 is 0 Å². The van der Waals surface area contributed by atoms with E-state index in [0.717, 1.165) is 0 Å². The van der Waals surface area contributed by atoms with Crippen LogP contribution in [0.5, 0.6) is 0 Å². The molecule has 5 heteroatoms. The van der Waals surface area contributed by atoms with Gasteiger partial charge in [-0.3, -0.25) is 9.78 Å². The van der Waals surface area contributed by atoms with Gasteiger partial charge in [-0.15, -0.1) is 11.3 Å². The summed E-state index contributed by atoms with van der Waals surface area (Å²) in [5, 5.41) is 9.80. The van der Waals surface area contributed by atoms with Crippen molar-refractivity contribution in [3.05, 3.63) is 17.1 Å². The fraction of sp³-hybridized carbons (Fsp3) is 0.333. The van der Waals surface area contributed by atoms with Crippen LogP contribution in [0.4, 0.5) is 0 Å². The van der Waals surface area contributed by atoms with Crippen LogP contribution in [0.15, 0.2) is 17.1 Å². The topological polar surface area (TPSA) is 76.2 Å². The van der Waals surface area contributed by atoms with E-state index in [-0.39, 0.29) is 0 Å². The highest BCUT2D eigenvalue weighted by atomic mass is 32.1. The molecule has 0 spiro atoms. The quantitative estimate of drug-likeness (QED) is 0.652. The van der Waals surface area contributed by atoms with Crippen molar-refractivity contribution in [1.29, 1.82) is 0 Å². The first kappa shape index (κ1) is 10.1. The maximum Gasteiger partial charge on any atom is 0.320 e. The van der Waals surface area contributed by atoms with Crippen LogP contribution >= 0.6 is 11.3 Å². The fourth-order valence-corrected chi connectivity index (χ4v) is 0.527. The van der Waals surface area contributed by atoms with E-state index < -0.39 is 12.0 Å². The standard InChI is InChI=1S/C3H7NO2.C3H3NS/c1-2(4)3(5)6;1-2-5-3-4-1/h2H,4H2,1H3,(H,5,6);1-3H/t2-;/m0./s1. The van der Waals surface area contributed by atoms with E-state index in [1.54, 1.807) is 23.0 Å². The number of nitrogens with two attached hydrogens (primary N) is 1. The Kier molecular flexibility index (Phi) is 5.32. The molecule has 0 amide bonds. The van der Waals surface area contributed by atoms with Crippen LogP contribution in [0, 0.1) is 0 Å². The maximum atomic E-state index is 9.57. The Morgan fingerprint density at radius 3 is 2.45 bits per heavy atom. The SMILES string of the molecule is C[C@H](N)C(=O)O.c1cscn1.